The van der Waals surface area contributed by atoms with Gasteiger partial charge < -0.3 is 24.2 Å². The number of hydrogen-bond acceptors (Lipinski definition) is 8. The summed E-state index contributed by atoms with van der Waals surface area (Å²) < 4.78 is 12.2. The van der Waals surface area contributed by atoms with Gasteiger partial charge >= 0.3 is 6.01 Å². The van der Waals surface area contributed by atoms with Crippen molar-refractivity contribution in [3.05, 3.63) is 65.3 Å². The average Bonchev–Trinajstić information content (AvgIpc) is 3.66. The number of amides is 1. The number of ether oxygens (including phenoxy) is 2. The minimum Gasteiger partial charge on any atom is -0.461 e. The predicted molar refractivity (Wildman–Crippen MR) is 170 cm³/mol. The smallest absolute Gasteiger partial charge is 0.318 e. The zero-order valence-electron chi connectivity index (χ0n) is 24.8. The molecule has 2 aromatic carbocycles. The van der Waals surface area contributed by atoms with Crippen LogP contribution < -0.4 is 14.5 Å². The van der Waals surface area contributed by atoms with Gasteiger partial charge in [0, 0.05) is 42.8 Å². The molecule has 2 aliphatic heterocycles. The van der Waals surface area contributed by atoms with Gasteiger partial charge in [-0.25, -0.2) is 0 Å². The van der Waals surface area contributed by atoms with E-state index in [-0.39, 0.29) is 18.4 Å². The third kappa shape index (κ3) is 5.69. The molecule has 44 heavy (non-hydrogen) atoms. The first-order valence-electron chi connectivity index (χ1n) is 15.6. The fraction of sp³-hybridized carbons (Fsp3) is 0.471. The van der Waals surface area contributed by atoms with E-state index in [0.29, 0.717) is 51.5 Å². The van der Waals surface area contributed by atoms with Crippen LogP contribution in [0.25, 0.3) is 10.8 Å². The molecular weight excluding hydrogens is 576 g/mol. The maximum absolute atomic E-state index is 12.5. The van der Waals surface area contributed by atoms with Crippen molar-refractivity contribution in [1.29, 1.82) is 5.26 Å². The van der Waals surface area contributed by atoms with E-state index >= 15 is 0 Å². The molecule has 3 aromatic rings. The molecule has 1 aromatic heterocycles. The van der Waals surface area contributed by atoms with Gasteiger partial charge in [0.2, 0.25) is 5.91 Å². The topological polar surface area (TPSA) is 94.8 Å². The SMILES string of the molecule is C=CC(=O)N1CCN(c2nc(OCCOC3CC4CC4C3)nc3c2CCN(c2cccc4cccc(Cl)c24)C3)C[C@@H]1CC#N. The molecule has 228 valence electrons. The number of piperazine rings is 1. The van der Waals surface area contributed by atoms with Crippen LogP contribution in [-0.4, -0.2) is 72.3 Å². The molecule has 3 heterocycles. The van der Waals surface area contributed by atoms with E-state index in [1.807, 2.05) is 12.1 Å². The van der Waals surface area contributed by atoms with E-state index in [9.17, 15) is 10.1 Å². The normalized spacial score (nSPS) is 24.0. The summed E-state index contributed by atoms with van der Waals surface area (Å²) in [5, 5.41) is 12.4. The van der Waals surface area contributed by atoms with Crippen molar-refractivity contribution in [2.75, 3.05) is 49.2 Å². The molecule has 3 fully saturated rings. The first-order valence-corrected chi connectivity index (χ1v) is 16.0. The lowest BCUT2D eigenvalue weighted by Gasteiger charge is -2.42. The highest BCUT2D eigenvalue weighted by molar-refractivity contribution is 6.36. The first kappa shape index (κ1) is 28.9. The molecule has 9 nitrogen and oxygen atoms in total. The summed E-state index contributed by atoms with van der Waals surface area (Å²) >= 11 is 6.70. The molecule has 0 radical (unpaired) electrons. The van der Waals surface area contributed by atoms with Gasteiger partial charge in [0.25, 0.3) is 0 Å². The third-order valence-corrected chi connectivity index (χ3v) is 9.95. The number of benzene rings is 2. The van der Waals surface area contributed by atoms with E-state index in [0.717, 1.165) is 63.4 Å². The standard InChI is InChI=1S/C34H37ClN6O3/c1-2-31(42)41-14-13-40(20-25(41)9-11-36)33-27-10-12-39(30-8-4-6-22-5-3-7-28(35)32(22)30)21-29(27)37-34(38-33)44-16-15-43-26-18-23-17-24(23)19-26/h2-8,23-26H,1,9-10,12-21H2/t23?,24?,25-,26?/m0/s1. The molecule has 1 amide bonds. The summed E-state index contributed by atoms with van der Waals surface area (Å²) in [7, 11) is 0. The molecule has 4 aliphatic rings. The molecule has 2 saturated carbocycles. The van der Waals surface area contributed by atoms with Crippen molar-refractivity contribution < 1.29 is 14.3 Å². The van der Waals surface area contributed by atoms with Crippen LogP contribution in [0.3, 0.4) is 0 Å². The largest absolute Gasteiger partial charge is 0.461 e. The minimum absolute atomic E-state index is 0.150. The second-order valence-electron chi connectivity index (χ2n) is 12.3. The molecule has 0 spiro atoms. The van der Waals surface area contributed by atoms with Crippen LogP contribution >= 0.6 is 11.6 Å². The maximum atomic E-state index is 12.5. The van der Waals surface area contributed by atoms with Gasteiger partial charge in [-0.1, -0.05) is 42.4 Å². The Bertz CT molecular complexity index is 1610. The fourth-order valence-electron chi connectivity index (χ4n) is 7.34. The third-order valence-electron chi connectivity index (χ3n) is 9.63. The zero-order chi connectivity index (χ0) is 30.2. The van der Waals surface area contributed by atoms with Crippen LogP contribution in [0.5, 0.6) is 6.01 Å². The molecule has 2 aliphatic carbocycles. The number of rotatable bonds is 9. The Kier molecular flexibility index (Phi) is 8.04. The fourth-order valence-corrected chi connectivity index (χ4v) is 7.62. The molecule has 0 bridgehead atoms. The predicted octanol–water partition coefficient (Wildman–Crippen LogP) is 5.16. The number of carbonyl (C=O) groups is 1. The molecule has 1 saturated heterocycles. The van der Waals surface area contributed by atoms with Gasteiger partial charge in [-0.05, 0) is 61.1 Å². The van der Waals surface area contributed by atoms with Crippen molar-refractivity contribution in [3.8, 4) is 12.1 Å². The maximum Gasteiger partial charge on any atom is 0.318 e. The van der Waals surface area contributed by atoms with Crippen molar-refractivity contribution in [1.82, 2.24) is 14.9 Å². The summed E-state index contributed by atoms with van der Waals surface area (Å²) in [6.45, 7) is 7.50. The lowest BCUT2D eigenvalue weighted by atomic mass is 10.0. The molecule has 3 atom stereocenters. The highest BCUT2D eigenvalue weighted by Gasteiger charge is 2.46. The van der Waals surface area contributed by atoms with Crippen LogP contribution in [0.2, 0.25) is 5.02 Å². The summed E-state index contributed by atoms with van der Waals surface area (Å²) in [6.07, 6.45) is 6.36. The van der Waals surface area contributed by atoms with Gasteiger partial charge in [-0.3, -0.25) is 4.79 Å². The Hall–Kier alpha value is -3.87. The highest BCUT2D eigenvalue weighted by Crippen LogP contribution is 2.52. The molecule has 7 rings (SSSR count). The Balaban J connectivity index is 1.16. The Morgan fingerprint density at radius 2 is 1.89 bits per heavy atom. The molecular formula is C34H37ClN6O3. The number of halogens is 1. The molecule has 10 heteroatoms. The minimum atomic E-state index is -0.252. The van der Waals surface area contributed by atoms with Crippen LogP contribution in [-0.2, 0) is 22.5 Å². The highest BCUT2D eigenvalue weighted by atomic mass is 35.5. The summed E-state index contributed by atoms with van der Waals surface area (Å²) in [4.78, 5) is 28.7. The van der Waals surface area contributed by atoms with Crippen LogP contribution in [0, 0.1) is 23.2 Å². The Morgan fingerprint density at radius 1 is 1.07 bits per heavy atom. The van der Waals surface area contributed by atoms with E-state index in [1.54, 1.807) is 4.90 Å². The van der Waals surface area contributed by atoms with Gasteiger partial charge in [-0.15, -0.1) is 0 Å². The summed E-state index contributed by atoms with van der Waals surface area (Å²) in [6, 6.07) is 14.6. The number of carbonyl (C=O) groups excluding carboxylic acids is 1. The zero-order valence-corrected chi connectivity index (χ0v) is 25.6. The Morgan fingerprint density at radius 3 is 2.68 bits per heavy atom. The lowest BCUT2D eigenvalue weighted by Crippen LogP contribution is -2.55. The first-order chi connectivity index (χ1) is 21.5. The van der Waals surface area contributed by atoms with Gasteiger partial charge in [0.15, 0.2) is 0 Å². The number of anilines is 2. The summed E-state index contributed by atoms with van der Waals surface area (Å²) in [5.74, 6) is 2.42. The van der Waals surface area contributed by atoms with Gasteiger partial charge in [0.1, 0.15) is 12.4 Å². The number of aromatic nitrogens is 2. The molecule has 2 unspecified atom stereocenters. The van der Waals surface area contributed by atoms with Crippen molar-refractivity contribution in [2.45, 2.75) is 50.8 Å². The Labute approximate surface area is 263 Å². The van der Waals surface area contributed by atoms with E-state index in [2.05, 4.69) is 46.7 Å². The van der Waals surface area contributed by atoms with Crippen LogP contribution in [0.1, 0.15) is 36.9 Å². The van der Waals surface area contributed by atoms with E-state index < -0.39 is 0 Å². The van der Waals surface area contributed by atoms with E-state index in [4.69, 9.17) is 31.0 Å². The van der Waals surface area contributed by atoms with Crippen LogP contribution in [0.15, 0.2) is 49.1 Å². The van der Waals surface area contributed by atoms with E-state index in [1.165, 1.54) is 25.3 Å². The summed E-state index contributed by atoms with van der Waals surface area (Å²) in [5.41, 5.74) is 3.08. The van der Waals surface area contributed by atoms with Crippen molar-refractivity contribution >= 4 is 39.8 Å². The molecule has 0 N–H and O–H groups in total. The van der Waals surface area contributed by atoms with Gasteiger partial charge in [-0.2, -0.15) is 15.2 Å². The lowest BCUT2D eigenvalue weighted by molar-refractivity contribution is -0.128. The second kappa shape index (κ2) is 12.3. The number of fused-ring (bicyclic) bond motifs is 3. The monoisotopic (exact) mass is 612 g/mol. The van der Waals surface area contributed by atoms with Crippen LogP contribution in [0.4, 0.5) is 11.5 Å². The van der Waals surface area contributed by atoms with Crippen molar-refractivity contribution in [3.63, 3.8) is 0 Å². The number of nitrogens with zero attached hydrogens (tertiary/aromatic N) is 6. The van der Waals surface area contributed by atoms with Gasteiger partial charge in [0.05, 0.1) is 48.5 Å². The average molecular weight is 613 g/mol. The number of hydrogen-bond donors (Lipinski definition) is 0. The quantitative estimate of drug-likeness (QED) is 0.242. The second-order valence-corrected chi connectivity index (χ2v) is 12.7. The van der Waals surface area contributed by atoms with Crippen molar-refractivity contribution in [2.24, 2.45) is 11.8 Å². The number of nitriles is 1.